The highest BCUT2D eigenvalue weighted by Crippen LogP contribution is 2.33. The summed E-state index contributed by atoms with van der Waals surface area (Å²) < 4.78 is 0. The molecule has 2 saturated heterocycles. The lowest BCUT2D eigenvalue weighted by Gasteiger charge is -2.41. The molecule has 0 N–H and O–H groups in total. The zero-order chi connectivity index (χ0) is 17.9. The molecule has 0 spiro atoms. The quantitative estimate of drug-likeness (QED) is 0.791. The molecule has 3 heteroatoms. The van der Waals surface area contributed by atoms with Crippen LogP contribution in [0.4, 0.5) is 5.69 Å². The Morgan fingerprint density at radius 2 is 1.69 bits per heavy atom. The lowest BCUT2D eigenvalue weighted by Crippen LogP contribution is -2.45. The fourth-order valence-electron chi connectivity index (χ4n) is 4.44. The third-order valence-electron chi connectivity index (χ3n) is 5.98. The Morgan fingerprint density at radius 1 is 0.962 bits per heavy atom. The molecule has 2 fully saturated rings. The van der Waals surface area contributed by atoms with Crippen molar-refractivity contribution in [1.29, 1.82) is 0 Å². The molecule has 3 heterocycles. The van der Waals surface area contributed by atoms with E-state index in [4.69, 9.17) is 0 Å². The number of benzene rings is 1. The van der Waals surface area contributed by atoms with Crippen molar-refractivity contribution in [3.63, 3.8) is 0 Å². The second kappa shape index (κ2) is 7.79. The van der Waals surface area contributed by atoms with Gasteiger partial charge >= 0.3 is 0 Å². The van der Waals surface area contributed by atoms with Crippen LogP contribution in [0.5, 0.6) is 0 Å². The first-order valence-corrected chi connectivity index (χ1v) is 10.2. The van der Waals surface area contributed by atoms with Gasteiger partial charge in [-0.15, -0.1) is 0 Å². The molecule has 0 radical (unpaired) electrons. The van der Waals surface area contributed by atoms with Gasteiger partial charge in [0.25, 0.3) is 0 Å². The van der Waals surface area contributed by atoms with E-state index in [2.05, 4.69) is 59.0 Å². The van der Waals surface area contributed by atoms with Gasteiger partial charge in [-0.3, -0.25) is 4.98 Å². The molecule has 2 aromatic rings. The summed E-state index contributed by atoms with van der Waals surface area (Å²) in [5.41, 5.74) is 4.27. The van der Waals surface area contributed by atoms with Gasteiger partial charge in [-0.1, -0.05) is 32.0 Å². The van der Waals surface area contributed by atoms with E-state index in [1.165, 1.54) is 49.3 Å². The van der Waals surface area contributed by atoms with E-state index < -0.39 is 0 Å². The van der Waals surface area contributed by atoms with E-state index in [0.717, 1.165) is 24.9 Å². The summed E-state index contributed by atoms with van der Waals surface area (Å²) >= 11 is 0. The Bertz CT molecular complexity index is 681. The lowest BCUT2D eigenvalue weighted by molar-refractivity contribution is 0.192. The highest BCUT2D eigenvalue weighted by molar-refractivity contribution is 5.52. The number of nitrogens with zero attached hydrogens (tertiary/aromatic N) is 3. The Labute approximate surface area is 158 Å². The van der Waals surface area contributed by atoms with Crippen molar-refractivity contribution < 1.29 is 0 Å². The normalized spacial score (nSPS) is 19.7. The van der Waals surface area contributed by atoms with Gasteiger partial charge in [0.15, 0.2) is 0 Å². The average Bonchev–Trinajstić information content (AvgIpc) is 2.62. The molecule has 0 unspecified atom stereocenters. The van der Waals surface area contributed by atoms with Crippen molar-refractivity contribution in [2.45, 2.75) is 38.5 Å². The first-order valence-electron chi connectivity index (χ1n) is 10.2. The van der Waals surface area contributed by atoms with Gasteiger partial charge in [-0.25, -0.2) is 0 Å². The van der Waals surface area contributed by atoms with Crippen LogP contribution in [0.25, 0.3) is 0 Å². The highest BCUT2D eigenvalue weighted by atomic mass is 15.2. The largest absolute Gasteiger partial charge is 0.370 e. The molecule has 2 aliphatic rings. The van der Waals surface area contributed by atoms with Crippen LogP contribution in [0.2, 0.25) is 0 Å². The van der Waals surface area contributed by atoms with Crippen LogP contribution in [-0.4, -0.2) is 42.6 Å². The van der Waals surface area contributed by atoms with Gasteiger partial charge in [0.2, 0.25) is 0 Å². The number of aromatic nitrogens is 1. The Balaban J connectivity index is 1.30. The van der Waals surface area contributed by atoms with E-state index in [-0.39, 0.29) is 0 Å². The van der Waals surface area contributed by atoms with Gasteiger partial charge in [0.05, 0.1) is 0 Å². The Hall–Kier alpha value is -1.87. The minimum absolute atomic E-state index is 0.633. The molecule has 0 amide bonds. The van der Waals surface area contributed by atoms with Crippen LogP contribution < -0.4 is 4.90 Å². The van der Waals surface area contributed by atoms with Gasteiger partial charge in [-0.2, -0.15) is 0 Å². The predicted octanol–water partition coefficient (Wildman–Crippen LogP) is 4.52. The van der Waals surface area contributed by atoms with Crippen LogP contribution in [-0.2, 0) is 0 Å². The van der Waals surface area contributed by atoms with Gasteiger partial charge < -0.3 is 9.80 Å². The summed E-state index contributed by atoms with van der Waals surface area (Å²) in [7, 11) is 0. The highest BCUT2D eigenvalue weighted by Gasteiger charge is 2.28. The van der Waals surface area contributed by atoms with Crippen molar-refractivity contribution in [3.05, 3.63) is 59.9 Å². The monoisotopic (exact) mass is 349 g/mol. The molecule has 4 rings (SSSR count). The minimum Gasteiger partial charge on any atom is -0.370 e. The molecule has 0 aliphatic carbocycles. The van der Waals surface area contributed by atoms with Crippen LogP contribution in [0.1, 0.15) is 49.7 Å². The molecule has 1 aromatic heterocycles. The summed E-state index contributed by atoms with van der Waals surface area (Å²) in [5.74, 6) is 2.15. The van der Waals surface area contributed by atoms with Crippen molar-refractivity contribution in [2.24, 2.45) is 5.92 Å². The maximum Gasteiger partial charge on any atom is 0.0366 e. The Kier molecular flexibility index (Phi) is 5.26. The van der Waals surface area contributed by atoms with Gasteiger partial charge in [0, 0.05) is 43.6 Å². The molecule has 0 bridgehead atoms. The van der Waals surface area contributed by atoms with E-state index in [0.29, 0.717) is 5.92 Å². The van der Waals surface area contributed by atoms with Crippen molar-refractivity contribution >= 4 is 5.69 Å². The van der Waals surface area contributed by atoms with Gasteiger partial charge in [0.1, 0.15) is 0 Å². The smallest absolute Gasteiger partial charge is 0.0366 e. The third-order valence-corrected chi connectivity index (χ3v) is 5.98. The zero-order valence-electron chi connectivity index (χ0n) is 16.1. The molecule has 3 nitrogen and oxygen atoms in total. The van der Waals surface area contributed by atoms with Gasteiger partial charge in [-0.05, 0) is 67.1 Å². The number of anilines is 1. The average molecular weight is 350 g/mol. The predicted molar refractivity (Wildman–Crippen MR) is 109 cm³/mol. The summed E-state index contributed by atoms with van der Waals surface area (Å²) in [5, 5.41) is 0. The molecule has 0 atom stereocenters. The molecule has 2 aliphatic heterocycles. The first-order chi connectivity index (χ1) is 12.7. The van der Waals surface area contributed by atoms with Crippen LogP contribution in [0, 0.1) is 5.92 Å². The molecular weight excluding hydrogens is 318 g/mol. The zero-order valence-corrected chi connectivity index (χ0v) is 16.1. The number of pyridine rings is 1. The maximum absolute atomic E-state index is 4.25. The fourth-order valence-corrected chi connectivity index (χ4v) is 4.44. The third kappa shape index (κ3) is 3.93. The SMILES string of the molecule is CC(C)CN1CCC(c2ccc(N3CC(c4cccnc4)C3)cc2)CC1. The maximum atomic E-state index is 4.25. The fraction of sp³-hybridized carbons (Fsp3) is 0.522. The molecule has 0 saturated carbocycles. The summed E-state index contributed by atoms with van der Waals surface area (Å²) in [6, 6.07) is 13.6. The van der Waals surface area contributed by atoms with Crippen LogP contribution in [0.15, 0.2) is 48.8 Å². The van der Waals surface area contributed by atoms with Crippen LogP contribution in [0.3, 0.4) is 0 Å². The number of hydrogen-bond donors (Lipinski definition) is 0. The summed E-state index contributed by atoms with van der Waals surface area (Å²) in [6.07, 6.45) is 6.47. The number of likely N-dealkylation sites (tertiary alicyclic amines) is 1. The second-order valence-electron chi connectivity index (χ2n) is 8.45. The van der Waals surface area contributed by atoms with Crippen molar-refractivity contribution in [3.8, 4) is 0 Å². The van der Waals surface area contributed by atoms with Crippen LogP contribution >= 0.6 is 0 Å². The summed E-state index contributed by atoms with van der Waals surface area (Å²) in [6.45, 7) is 10.6. The molecular formula is C23H31N3. The number of piperidine rings is 1. The number of hydrogen-bond acceptors (Lipinski definition) is 3. The molecule has 1 aromatic carbocycles. The van der Waals surface area contributed by atoms with Crippen molar-refractivity contribution in [2.75, 3.05) is 37.6 Å². The first kappa shape index (κ1) is 17.5. The van der Waals surface area contributed by atoms with E-state index in [1.54, 1.807) is 0 Å². The van der Waals surface area contributed by atoms with E-state index in [1.807, 2.05) is 18.5 Å². The van der Waals surface area contributed by atoms with E-state index >= 15 is 0 Å². The molecule has 138 valence electrons. The lowest BCUT2D eigenvalue weighted by atomic mass is 9.88. The minimum atomic E-state index is 0.633. The Morgan fingerprint density at radius 3 is 2.31 bits per heavy atom. The summed E-state index contributed by atoms with van der Waals surface area (Å²) in [4.78, 5) is 9.36. The van der Waals surface area contributed by atoms with E-state index in [9.17, 15) is 0 Å². The standard InChI is InChI=1S/C23H31N3/c1-18(2)15-25-12-9-20(10-13-25)19-5-7-23(8-6-19)26-16-22(17-26)21-4-3-11-24-14-21/h3-8,11,14,18,20,22H,9-10,12-13,15-17H2,1-2H3. The topological polar surface area (TPSA) is 19.4 Å². The molecule has 26 heavy (non-hydrogen) atoms. The second-order valence-corrected chi connectivity index (χ2v) is 8.45. The van der Waals surface area contributed by atoms with Crippen molar-refractivity contribution in [1.82, 2.24) is 9.88 Å². The number of rotatable bonds is 5.